The van der Waals surface area contributed by atoms with Crippen molar-refractivity contribution in [2.45, 2.75) is 39.6 Å². The summed E-state index contributed by atoms with van der Waals surface area (Å²) < 4.78 is 40.8. The van der Waals surface area contributed by atoms with Crippen LogP contribution in [0.25, 0.3) is 0 Å². The van der Waals surface area contributed by atoms with Gasteiger partial charge < -0.3 is 15.4 Å². The average molecular weight is 485 g/mol. The van der Waals surface area contributed by atoms with E-state index in [0.29, 0.717) is 12.1 Å². The maximum absolute atomic E-state index is 12.0. The molecule has 1 aromatic rings. The van der Waals surface area contributed by atoms with E-state index in [4.69, 9.17) is 0 Å². The maximum Gasteiger partial charge on any atom is 0.411 e. The average Bonchev–Trinajstić information content (AvgIpc) is 2.56. The zero-order valence-electron chi connectivity index (χ0n) is 15.1. The van der Waals surface area contributed by atoms with Gasteiger partial charge in [-0.15, -0.1) is 24.0 Å². The largest absolute Gasteiger partial charge is 0.411 e. The number of ether oxygens (including phenoxy) is 1. The molecule has 0 saturated carbocycles. The number of rotatable bonds is 9. The number of aliphatic imine (C=N–C) groups is 1. The molecule has 0 aliphatic rings. The Labute approximate surface area is 170 Å². The van der Waals surface area contributed by atoms with Gasteiger partial charge in [0.15, 0.2) is 5.96 Å². The fourth-order valence-electron chi connectivity index (χ4n) is 1.98. The molecule has 0 atom stereocenters. The molecule has 0 spiro atoms. The second kappa shape index (κ2) is 13.9. The number of guanidine groups is 1. The van der Waals surface area contributed by atoms with Gasteiger partial charge in [-0.25, -0.2) is 4.99 Å². The van der Waals surface area contributed by atoms with Crippen LogP contribution >= 0.6 is 24.0 Å². The minimum atomic E-state index is -4.29. The van der Waals surface area contributed by atoms with E-state index in [1.807, 2.05) is 32.1 Å². The van der Waals surface area contributed by atoms with Gasteiger partial charge in [0.1, 0.15) is 6.61 Å². The first kappa shape index (κ1) is 24.7. The Hall–Kier alpha value is -1.29. The third kappa shape index (κ3) is 12.1. The first-order valence-electron chi connectivity index (χ1n) is 8.30. The molecule has 148 valence electrons. The Balaban J connectivity index is 0.00000625. The van der Waals surface area contributed by atoms with Crippen molar-refractivity contribution in [3.05, 3.63) is 47.5 Å². The Bertz CT molecular complexity index is 546. The van der Waals surface area contributed by atoms with Crippen LogP contribution in [0, 0.1) is 0 Å². The minimum Gasteiger partial charge on any atom is -0.367 e. The van der Waals surface area contributed by atoms with E-state index in [9.17, 15) is 13.2 Å². The maximum atomic E-state index is 12.0. The summed E-state index contributed by atoms with van der Waals surface area (Å²) in [5.74, 6) is 0.740. The molecule has 0 aromatic heterocycles. The lowest BCUT2D eigenvalue weighted by atomic mass is 10.1. The number of halogens is 4. The van der Waals surface area contributed by atoms with Gasteiger partial charge in [0.05, 0.1) is 13.2 Å². The molecule has 0 bridgehead atoms. The van der Waals surface area contributed by atoms with Gasteiger partial charge in [0.25, 0.3) is 0 Å². The molecule has 0 saturated heterocycles. The molecule has 0 unspecified atom stereocenters. The van der Waals surface area contributed by atoms with Gasteiger partial charge >= 0.3 is 6.18 Å². The molecule has 0 aliphatic carbocycles. The molecule has 0 aliphatic heterocycles. The van der Waals surface area contributed by atoms with E-state index in [-0.39, 0.29) is 30.6 Å². The van der Waals surface area contributed by atoms with Crippen LogP contribution in [-0.2, 0) is 17.9 Å². The van der Waals surface area contributed by atoms with Crippen molar-refractivity contribution in [3.63, 3.8) is 0 Å². The van der Waals surface area contributed by atoms with Crippen LogP contribution in [0.3, 0.4) is 0 Å². The zero-order valence-corrected chi connectivity index (χ0v) is 17.4. The summed E-state index contributed by atoms with van der Waals surface area (Å²) in [5, 5.41) is 6.41. The highest BCUT2D eigenvalue weighted by molar-refractivity contribution is 14.0. The fourth-order valence-corrected chi connectivity index (χ4v) is 1.98. The van der Waals surface area contributed by atoms with Crippen molar-refractivity contribution in [3.8, 4) is 0 Å². The molecule has 26 heavy (non-hydrogen) atoms. The van der Waals surface area contributed by atoms with Gasteiger partial charge in [-0.1, -0.05) is 36.4 Å². The standard InChI is InChI=1S/C18H26F3N3O.HI/c1-3-5-6-11-23-17(22-4-2)24-12-15-7-9-16(10-8-15)13-25-14-18(19,20)21;/h3,5,7-10H,4,6,11-14H2,1-2H3,(H2,22,23,24);1H/b5-3+;. The first-order valence-corrected chi connectivity index (χ1v) is 8.30. The van der Waals surface area contributed by atoms with Gasteiger partial charge in [-0.05, 0) is 31.4 Å². The highest BCUT2D eigenvalue weighted by Crippen LogP contribution is 2.16. The van der Waals surface area contributed by atoms with E-state index in [0.717, 1.165) is 31.0 Å². The van der Waals surface area contributed by atoms with Gasteiger partial charge in [-0.2, -0.15) is 13.2 Å². The highest BCUT2D eigenvalue weighted by atomic mass is 127. The SMILES string of the molecule is C/C=C/CCNC(=NCc1ccc(COCC(F)(F)F)cc1)NCC.I. The van der Waals surface area contributed by atoms with Crippen molar-refractivity contribution in [1.82, 2.24) is 10.6 Å². The van der Waals surface area contributed by atoms with Crippen LogP contribution in [0.5, 0.6) is 0 Å². The number of alkyl halides is 3. The Morgan fingerprint density at radius 2 is 1.81 bits per heavy atom. The Kier molecular flexibility index (Phi) is 13.2. The third-order valence-electron chi connectivity index (χ3n) is 3.16. The monoisotopic (exact) mass is 485 g/mol. The van der Waals surface area contributed by atoms with E-state index in [1.165, 1.54) is 0 Å². The fraction of sp³-hybridized carbons (Fsp3) is 0.500. The molecule has 1 aromatic carbocycles. The number of hydrogen-bond acceptors (Lipinski definition) is 2. The molecule has 0 heterocycles. The van der Waals surface area contributed by atoms with Gasteiger partial charge in [0.2, 0.25) is 0 Å². The predicted molar refractivity (Wildman–Crippen MR) is 110 cm³/mol. The molecule has 0 fully saturated rings. The lowest BCUT2D eigenvalue weighted by Crippen LogP contribution is -2.37. The topological polar surface area (TPSA) is 45.7 Å². The molecule has 0 amide bonds. The predicted octanol–water partition coefficient (Wildman–Crippen LogP) is 4.40. The lowest BCUT2D eigenvalue weighted by molar-refractivity contribution is -0.176. The van der Waals surface area contributed by atoms with E-state index in [1.54, 1.807) is 12.1 Å². The summed E-state index contributed by atoms with van der Waals surface area (Å²) in [5.41, 5.74) is 1.68. The van der Waals surface area contributed by atoms with Crippen LogP contribution < -0.4 is 10.6 Å². The van der Waals surface area contributed by atoms with Crippen LogP contribution in [0.1, 0.15) is 31.4 Å². The lowest BCUT2D eigenvalue weighted by Gasteiger charge is -2.10. The van der Waals surface area contributed by atoms with Crippen LogP contribution in [0.4, 0.5) is 13.2 Å². The number of nitrogens with zero attached hydrogens (tertiary/aromatic N) is 1. The number of hydrogen-bond donors (Lipinski definition) is 2. The molecule has 2 N–H and O–H groups in total. The zero-order chi connectivity index (χ0) is 18.5. The Morgan fingerprint density at radius 1 is 1.15 bits per heavy atom. The number of allylic oxidation sites excluding steroid dienone is 1. The normalized spacial score (nSPS) is 12.1. The number of benzene rings is 1. The Morgan fingerprint density at radius 3 is 2.38 bits per heavy atom. The highest BCUT2D eigenvalue weighted by Gasteiger charge is 2.27. The molecular formula is C18H27F3IN3O. The van der Waals surface area contributed by atoms with Gasteiger partial charge in [-0.3, -0.25) is 0 Å². The van der Waals surface area contributed by atoms with Gasteiger partial charge in [0, 0.05) is 13.1 Å². The van der Waals surface area contributed by atoms with E-state index >= 15 is 0 Å². The summed E-state index contributed by atoms with van der Waals surface area (Å²) in [7, 11) is 0. The second-order valence-electron chi connectivity index (χ2n) is 5.40. The van der Waals surface area contributed by atoms with Crippen molar-refractivity contribution in [1.29, 1.82) is 0 Å². The van der Waals surface area contributed by atoms with E-state index < -0.39 is 12.8 Å². The summed E-state index contributed by atoms with van der Waals surface area (Å²) in [6, 6.07) is 7.21. The van der Waals surface area contributed by atoms with Crippen LogP contribution in [0.15, 0.2) is 41.4 Å². The van der Waals surface area contributed by atoms with Crippen molar-refractivity contribution < 1.29 is 17.9 Å². The summed E-state index contributed by atoms with van der Waals surface area (Å²) >= 11 is 0. The third-order valence-corrected chi connectivity index (χ3v) is 3.16. The van der Waals surface area contributed by atoms with Crippen LogP contribution in [0.2, 0.25) is 0 Å². The van der Waals surface area contributed by atoms with Crippen LogP contribution in [-0.4, -0.2) is 31.8 Å². The minimum absolute atomic E-state index is 0. The second-order valence-corrected chi connectivity index (χ2v) is 5.40. The summed E-state index contributed by atoms with van der Waals surface area (Å²) in [6.45, 7) is 4.75. The molecule has 1 rings (SSSR count). The first-order chi connectivity index (χ1) is 11.9. The van der Waals surface area contributed by atoms with Crippen molar-refractivity contribution in [2.75, 3.05) is 19.7 Å². The van der Waals surface area contributed by atoms with Crippen molar-refractivity contribution >= 4 is 29.9 Å². The van der Waals surface area contributed by atoms with Crippen molar-refractivity contribution in [2.24, 2.45) is 4.99 Å². The molecule has 0 radical (unpaired) electrons. The molecule has 4 nitrogen and oxygen atoms in total. The number of nitrogens with one attached hydrogen (secondary N) is 2. The van der Waals surface area contributed by atoms with E-state index in [2.05, 4.69) is 26.4 Å². The summed E-state index contributed by atoms with van der Waals surface area (Å²) in [4.78, 5) is 4.50. The smallest absolute Gasteiger partial charge is 0.367 e. The molecule has 8 heteroatoms. The molecular weight excluding hydrogens is 458 g/mol. The summed E-state index contributed by atoms with van der Waals surface area (Å²) in [6.07, 6.45) is 0.715. The quantitative estimate of drug-likeness (QED) is 0.179.